The van der Waals surface area contributed by atoms with E-state index in [9.17, 15) is 4.39 Å². The molecule has 0 atom stereocenters. The molecule has 0 amide bonds. The van der Waals surface area contributed by atoms with E-state index in [1.54, 1.807) is 29.2 Å². The zero-order valence-electron chi connectivity index (χ0n) is 11.7. The Kier molecular flexibility index (Phi) is 7.05. The van der Waals surface area contributed by atoms with E-state index in [2.05, 4.69) is 35.2 Å². The first-order valence-electron chi connectivity index (χ1n) is 6.00. The molecule has 1 radical (unpaired) electrons. The Morgan fingerprint density at radius 2 is 2.19 bits per heavy atom. The summed E-state index contributed by atoms with van der Waals surface area (Å²) in [4.78, 5) is 1.78. The Labute approximate surface area is 158 Å². The summed E-state index contributed by atoms with van der Waals surface area (Å²) in [5.74, 6) is 0.112. The van der Waals surface area contributed by atoms with E-state index >= 15 is 0 Å². The van der Waals surface area contributed by atoms with Gasteiger partial charge in [0.1, 0.15) is 12.4 Å². The van der Waals surface area contributed by atoms with Crippen molar-refractivity contribution in [3.8, 4) is 5.75 Å². The first kappa shape index (κ1) is 18.3. The summed E-state index contributed by atoms with van der Waals surface area (Å²) < 4.78 is 20.3. The fourth-order valence-corrected chi connectivity index (χ4v) is 2.18. The third-order valence-electron chi connectivity index (χ3n) is 2.92. The van der Waals surface area contributed by atoms with Gasteiger partial charge in [0, 0.05) is 45.8 Å². The van der Waals surface area contributed by atoms with Gasteiger partial charge in [-0.25, -0.2) is 4.39 Å². The summed E-state index contributed by atoms with van der Waals surface area (Å²) in [6, 6.07) is 4.75. The van der Waals surface area contributed by atoms with Crippen LogP contribution in [0.1, 0.15) is 5.56 Å². The molecule has 5 heteroatoms. The fraction of sp³-hybridized carbons (Fsp3) is 0.125. The van der Waals surface area contributed by atoms with Gasteiger partial charge in [-0.3, -0.25) is 0 Å². The van der Waals surface area contributed by atoms with Crippen LogP contribution < -0.4 is 4.74 Å². The minimum Gasteiger partial charge on any atom is -0.490 e. The van der Waals surface area contributed by atoms with E-state index in [4.69, 9.17) is 4.74 Å². The average Bonchev–Trinajstić information content (AvgIpc) is 2.44. The van der Waals surface area contributed by atoms with Crippen LogP contribution in [0.25, 0.3) is 5.70 Å². The SMILES string of the molecule is C=CCOc1ccc(C2=[C-]C=C(Br)C(=C)N2C)c(F)c1.[Y]. The first-order valence-corrected chi connectivity index (χ1v) is 6.79. The molecule has 0 bridgehead atoms. The van der Waals surface area contributed by atoms with Crippen molar-refractivity contribution >= 4 is 21.6 Å². The monoisotopic (exact) mass is 423 g/mol. The summed E-state index contributed by atoms with van der Waals surface area (Å²) in [6.45, 7) is 7.83. The molecule has 2 nitrogen and oxygen atoms in total. The second-order valence-corrected chi connectivity index (χ2v) is 5.09. The van der Waals surface area contributed by atoms with Crippen LogP contribution in [-0.4, -0.2) is 18.6 Å². The minimum absolute atomic E-state index is 0. The number of hydrogen-bond acceptors (Lipinski definition) is 2. The van der Waals surface area contributed by atoms with Gasteiger partial charge in [0.2, 0.25) is 0 Å². The van der Waals surface area contributed by atoms with Crippen LogP contribution in [0.3, 0.4) is 0 Å². The largest absolute Gasteiger partial charge is 0.490 e. The predicted molar refractivity (Wildman–Crippen MR) is 82.7 cm³/mol. The molecule has 2 rings (SSSR count). The van der Waals surface area contributed by atoms with Crippen molar-refractivity contribution in [3.63, 3.8) is 0 Å². The number of allylic oxidation sites excluding steroid dienone is 3. The standard InChI is InChI=1S/C16H14BrFNO.Y/c1-4-9-20-12-5-6-13(15(18)10-12)16-8-7-14(17)11(2)19(16)3;/h4-7,10H,1-2,9H2,3H3;/q-1;. The molecule has 0 saturated carbocycles. The predicted octanol–water partition coefficient (Wildman–Crippen LogP) is 4.27. The number of benzene rings is 1. The normalized spacial score (nSPS) is 14.0. The Bertz CT molecular complexity index is 625. The van der Waals surface area contributed by atoms with Crippen LogP contribution in [0.15, 0.2) is 53.7 Å². The molecule has 1 aromatic carbocycles. The molecule has 0 aromatic heterocycles. The Morgan fingerprint density at radius 3 is 2.81 bits per heavy atom. The molecular formula is C16H14BrFNOY-. The third-order valence-corrected chi connectivity index (χ3v) is 3.60. The van der Waals surface area contributed by atoms with Crippen LogP contribution >= 0.6 is 15.9 Å². The van der Waals surface area contributed by atoms with Gasteiger partial charge < -0.3 is 9.64 Å². The van der Waals surface area contributed by atoms with Crippen molar-refractivity contribution in [1.82, 2.24) is 4.90 Å². The minimum atomic E-state index is -0.361. The zero-order valence-corrected chi connectivity index (χ0v) is 16.1. The number of rotatable bonds is 4. The maximum absolute atomic E-state index is 14.2. The van der Waals surface area contributed by atoms with Gasteiger partial charge in [0.15, 0.2) is 0 Å². The number of likely N-dealkylation sites (N-methyl/N-ethyl adjacent to an activating group) is 1. The number of nitrogens with zero attached hydrogens (tertiary/aromatic N) is 1. The van der Waals surface area contributed by atoms with Crippen LogP contribution in [0.2, 0.25) is 0 Å². The molecule has 0 spiro atoms. The quantitative estimate of drug-likeness (QED) is 0.529. The molecule has 107 valence electrons. The summed E-state index contributed by atoms with van der Waals surface area (Å²) in [6.07, 6.45) is 6.39. The smallest absolute Gasteiger partial charge is 0.120 e. The van der Waals surface area contributed by atoms with Gasteiger partial charge in [0.05, 0.1) is 5.82 Å². The van der Waals surface area contributed by atoms with E-state index in [1.807, 2.05) is 7.05 Å². The third kappa shape index (κ3) is 4.15. The second-order valence-electron chi connectivity index (χ2n) is 4.23. The molecule has 0 aliphatic carbocycles. The number of halogens is 2. The Balaban J connectivity index is 0.00000220. The van der Waals surface area contributed by atoms with Gasteiger partial charge in [-0.1, -0.05) is 35.0 Å². The van der Waals surface area contributed by atoms with Crippen LogP contribution in [0.4, 0.5) is 4.39 Å². The summed E-state index contributed by atoms with van der Waals surface area (Å²) in [5, 5.41) is 0. The van der Waals surface area contributed by atoms with Crippen molar-refractivity contribution in [2.24, 2.45) is 0 Å². The van der Waals surface area contributed by atoms with E-state index in [0.717, 1.165) is 10.2 Å². The number of hydrogen-bond donors (Lipinski definition) is 0. The average molecular weight is 424 g/mol. The first-order chi connectivity index (χ1) is 9.54. The number of ether oxygens (including phenoxy) is 1. The summed E-state index contributed by atoms with van der Waals surface area (Å²) in [5.41, 5.74) is 1.84. The molecule has 0 unspecified atom stereocenters. The Hall–Kier alpha value is -0.706. The Morgan fingerprint density at radius 1 is 1.48 bits per heavy atom. The zero-order chi connectivity index (χ0) is 14.7. The molecule has 0 fully saturated rings. The maximum Gasteiger partial charge on any atom is 0.120 e. The van der Waals surface area contributed by atoms with Crippen LogP contribution in [-0.2, 0) is 32.7 Å². The topological polar surface area (TPSA) is 12.5 Å². The molecule has 0 N–H and O–H groups in total. The van der Waals surface area contributed by atoms with Crippen molar-refractivity contribution in [2.75, 3.05) is 13.7 Å². The van der Waals surface area contributed by atoms with E-state index in [1.165, 1.54) is 6.07 Å². The molecular weight excluding hydrogens is 410 g/mol. The second kappa shape index (κ2) is 8.07. The van der Waals surface area contributed by atoms with Gasteiger partial charge in [-0.05, 0) is 11.8 Å². The molecule has 1 heterocycles. The molecule has 1 aliphatic heterocycles. The van der Waals surface area contributed by atoms with E-state index in [0.29, 0.717) is 23.6 Å². The van der Waals surface area contributed by atoms with Crippen molar-refractivity contribution < 1.29 is 41.8 Å². The van der Waals surface area contributed by atoms with Crippen molar-refractivity contribution in [2.45, 2.75) is 0 Å². The van der Waals surface area contributed by atoms with E-state index in [-0.39, 0.29) is 38.5 Å². The molecule has 0 saturated heterocycles. The van der Waals surface area contributed by atoms with Crippen LogP contribution in [0, 0.1) is 11.9 Å². The fourth-order valence-electron chi connectivity index (χ4n) is 1.80. The summed E-state index contributed by atoms with van der Waals surface area (Å²) in [7, 11) is 1.82. The molecule has 1 aromatic rings. The van der Waals surface area contributed by atoms with Gasteiger partial charge in [-0.15, -0.1) is 22.0 Å². The van der Waals surface area contributed by atoms with E-state index < -0.39 is 0 Å². The van der Waals surface area contributed by atoms with Gasteiger partial charge in [0.25, 0.3) is 0 Å². The van der Waals surface area contributed by atoms with Crippen molar-refractivity contribution in [3.05, 3.63) is 71.1 Å². The molecule has 1 aliphatic rings. The van der Waals surface area contributed by atoms with Crippen molar-refractivity contribution in [1.29, 1.82) is 0 Å². The van der Waals surface area contributed by atoms with Crippen LogP contribution in [0.5, 0.6) is 5.75 Å². The maximum atomic E-state index is 14.2. The van der Waals surface area contributed by atoms with Gasteiger partial charge in [-0.2, -0.15) is 12.2 Å². The van der Waals surface area contributed by atoms with Gasteiger partial charge >= 0.3 is 0 Å². The molecule has 21 heavy (non-hydrogen) atoms. The summed E-state index contributed by atoms with van der Waals surface area (Å²) >= 11 is 3.37.